The smallest absolute Gasteiger partial charge is 0.241 e. The summed E-state index contributed by atoms with van der Waals surface area (Å²) in [6.45, 7) is 1.92. The van der Waals surface area contributed by atoms with Gasteiger partial charge in [-0.15, -0.1) is 0 Å². The van der Waals surface area contributed by atoms with Gasteiger partial charge in [0, 0.05) is 11.6 Å². The van der Waals surface area contributed by atoms with Crippen molar-refractivity contribution in [3.63, 3.8) is 0 Å². The van der Waals surface area contributed by atoms with E-state index in [1.165, 1.54) is 25.3 Å². The van der Waals surface area contributed by atoms with E-state index in [0.29, 0.717) is 11.4 Å². The van der Waals surface area contributed by atoms with E-state index in [-0.39, 0.29) is 10.4 Å². The van der Waals surface area contributed by atoms with Crippen LogP contribution in [0.25, 0.3) is 0 Å². The molecule has 1 aromatic rings. The van der Waals surface area contributed by atoms with Gasteiger partial charge in [0.15, 0.2) is 0 Å². The minimum absolute atomic E-state index is 0.182. The van der Waals surface area contributed by atoms with Crippen LogP contribution in [0.4, 0.5) is 5.69 Å². The molecular formula is C12H18N2O3S. The second-order valence-corrected chi connectivity index (χ2v) is 6.61. The summed E-state index contributed by atoms with van der Waals surface area (Å²) < 4.78 is 32.2. The molecule has 0 heterocycles. The SMILES string of the molecule is COc1cc(S(=O)(=O)NC2(C)CCC2)ccc1N. The molecular weight excluding hydrogens is 252 g/mol. The number of nitrogens with two attached hydrogens (primary N) is 1. The molecule has 5 nitrogen and oxygen atoms in total. The van der Waals surface area contributed by atoms with E-state index in [2.05, 4.69) is 4.72 Å². The maximum absolute atomic E-state index is 12.2. The Morgan fingerprint density at radius 3 is 2.56 bits per heavy atom. The Morgan fingerprint density at radius 1 is 1.39 bits per heavy atom. The first-order chi connectivity index (χ1) is 8.36. The van der Waals surface area contributed by atoms with Gasteiger partial charge in [-0.2, -0.15) is 0 Å². The molecule has 2 rings (SSSR count). The monoisotopic (exact) mass is 270 g/mol. The van der Waals surface area contributed by atoms with Gasteiger partial charge in [-0.25, -0.2) is 13.1 Å². The molecule has 0 unspecified atom stereocenters. The van der Waals surface area contributed by atoms with Crippen LogP contribution >= 0.6 is 0 Å². The van der Waals surface area contributed by atoms with Gasteiger partial charge >= 0.3 is 0 Å². The fourth-order valence-electron chi connectivity index (χ4n) is 2.05. The maximum atomic E-state index is 12.2. The van der Waals surface area contributed by atoms with Crippen molar-refractivity contribution in [1.29, 1.82) is 0 Å². The van der Waals surface area contributed by atoms with Gasteiger partial charge in [0.2, 0.25) is 10.0 Å². The summed E-state index contributed by atoms with van der Waals surface area (Å²) in [5.41, 5.74) is 5.78. The standard InChI is InChI=1S/C12H18N2O3S/c1-12(6-3-7-12)14-18(15,16)9-4-5-10(13)11(8-9)17-2/h4-5,8,14H,3,6-7,13H2,1-2H3. The molecule has 0 atom stereocenters. The van der Waals surface area contributed by atoms with Crippen LogP contribution in [-0.2, 0) is 10.0 Å². The molecule has 100 valence electrons. The van der Waals surface area contributed by atoms with Gasteiger partial charge in [-0.05, 0) is 38.3 Å². The van der Waals surface area contributed by atoms with E-state index >= 15 is 0 Å². The molecule has 0 aliphatic heterocycles. The number of hydrogen-bond donors (Lipinski definition) is 2. The van der Waals surface area contributed by atoms with E-state index in [1.54, 1.807) is 0 Å². The molecule has 0 amide bonds. The Bertz CT molecular complexity index is 550. The van der Waals surface area contributed by atoms with E-state index in [9.17, 15) is 8.42 Å². The fraction of sp³-hybridized carbons (Fsp3) is 0.500. The highest BCUT2D eigenvalue weighted by molar-refractivity contribution is 7.89. The summed E-state index contributed by atoms with van der Waals surface area (Å²) in [7, 11) is -2.05. The van der Waals surface area contributed by atoms with E-state index in [1.807, 2.05) is 6.92 Å². The van der Waals surface area contributed by atoms with Gasteiger partial charge in [-0.1, -0.05) is 0 Å². The Kier molecular flexibility index (Phi) is 3.25. The van der Waals surface area contributed by atoms with Crippen LogP contribution in [0.15, 0.2) is 23.1 Å². The third kappa shape index (κ3) is 2.44. The Balaban J connectivity index is 2.29. The second-order valence-electron chi connectivity index (χ2n) is 4.92. The molecule has 3 N–H and O–H groups in total. The zero-order chi connectivity index (χ0) is 13.4. The summed E-state index contributed by atoms with van der Waals surface area (Å²) in [5, 5.41) is 0. The van der Waals surface area contributed by atoms with Crippen molar-refractivity contribution < 1.29 is 13.2 Å². The van der Waals surface area contributed by atoms with Crippen LogP contribution in [-0.4, -0.2) is 21.1 Å². The normalized spacial score (nSPS) is 18.1. The summed E-state index contributed by atoms with van der Waals surface area (Å²) in [6, 6.07) is 4.47. The number of benzene rings is 1. The predicted octanol–water partition coefficient (Wildman–Crippen LogP) is 1.50. The first-order valence-electron chi connectivity index (χ1n) is 5.84. The number of anilines is 1. The van der Waals surface area contributed by atoms with Crippen LogP contribution in [0.2, 0.25) is 0 Å². The predicted molar refractivity (Wildman–Crippen MR) is 70.0 cm³/mol. The summed E-state index contributed by atoms with van der Waals surface area (Å²) >= 11 is 0. The third-order valence-electron chi connectivity index (χ3n) is 3.35. The van der Waals surface area contributed by atoms with Gasteiger partial charge in [0.25, 0.3) is 0 Å². The Labute approximate surface area is 107 Å². The van der Waals surface area contributed by atoms with Crippen molar-refractivity contribution in [2.75, 3.05) is 12.8 Å². The molecule has 1 aromatic carbocycles. The van der Waals surface area contributed by atoms with E-state index in [4.69, 9.17) is 10.5 Å². The first kappa shape index (κ1) is 13.2. The van der Waals surface area contributed by atoms with Crippen molar-refractivity contribution >= 4 is 15.7 Å². The second kappa shape index (κ2) is 4.44. The topological polar surface area (TPSA) is 81.4 Å². The molecule has 18 heavy (non-hydrogen) atoms. The van der Waals surface area contributed by atoms with E-state index in [0.717, 1.165) is 19.3 Å². The lowest BCUT2D eigenvalue weighted by Gasteiger charge is -2.38. The third-order valence-corrected chi connectivity index (χ3v) is 4.99. The number of sulfonamides is 1. The number of ether oxygens (including phenoxy) is 1. The largest absolute Gasteiger partial charge is 0.495 e. The molecule has 1 aliphatic rings. The van der Waals surface area contributed by atoms with Crippen LogP contribution in [0, 0.1) is 0 Å². The molecule has 1 fully saturated rings. The molecule has 0 radical (unpaired) electrons. The van der Waals surface area contributed by atoms with Crippen molar-refractivity contribution in [3.8, 4) is 5.75 Å². The van der Waals surface area contributed by atoms with Crippen molar-refractivity contribution in [2.24, 2.45) is 0 Å². The summed E-state index contributed by atoms with van der Waals surface area (Å²) in [6.07, 6.45) is 2.81. The van der Waals surface area contributed by atoms with Gasteiger partial charge < -0.3 is 10.5 Å². The first-order valence-corrected chi connectivity index (χ1v) is 7.32. The number of nitrogen functional groups attached to an aromatic ring is 1. The van der Waals surface area contributed by atoms with Crippen molar-refractivity contribution in [1.82, 2.24) is 4.72 Å². The number of nitrogens with one attached hydrogen (secondary N) is 1. The maximum Gasteiger partial charge on any atom is 0.241 e. The van der Waals surface area contributed by atoms with Gasteiger partial charge in [0.1, 0.15) is 5.75 Å². The number of methoxy groups -OCH3 is 1. The lowest BCUT2D eigenvalue weighted by atomic mass is 9.80. The van der Waals surface area contributed by atoms with E-state index < -0.39 is 10.0 Å². The Hall–Kier alpha value is -1.27. The van der Waals surface area contributed by atoms with Crippen molar-refractivity contribution in [3.05, 3.63) is 18.2 Å². The van der Waals surface area contributed by atoms with Crippen LogP contribution in [0.3, 0.4) is 0 Å². The average molecular weight is 270 g/mol. The van der Waals surface area contributed by atoms with Crippen LogP contribution in [0.1, 0.15) is 26.2 Å². The molecule has 0 bridgehead atoms. The van der Waals surface area contributed by atoms with Crippen LogP contribution in [0.5, 0.6) is 5.75 Å². The van der Waals surface area contributed by atoms with Crippen molar-refractivity contribution in [2.45, 2.75) is 36.6 Å². The lowest BCUT2D eigenvalue weighted by Crippen LogP contribution is -2.50. The minimum atomic E-state index is -3.51. The van der Waals surface area contributed by atoms with Gasteiger partial charge in [0.05, 0.1) is 17.7 Å². The highest BCUT2D eigenvalue weighted by Crippen LogP contribution is 2.33. The lowest BCUT2D eigenvalue weighted by molar-refractivity contribution is 0.248. The number of hydrogen-bond acceptors (Lipinski definition) is 4. The fourth-order valence-corrected chi connectivity index (χ4v) is 3.53. The Morgan fingerprint density at radius 2 is 2.06 bits per heavy atom. The minimum Gasteiger partial charge on any atom is -0.495 e. The molecule has 1 saturated carbocycles. The molecule has 0 spiro atoms. The quantitative estimate of drug-likeness (QED) is 0.812. The molecule has 6 heteroatoms. The summed E-state index contributed by atoms with van der Waals surface area (Å²) in [4.78, 5) is 0.182. The highest BCUT2D eigenvalue weighted by Gasteiger charge is 2.36. The molecule has 0 saturated heterocycles. The van der Waals surface area contributed by atoms with Gasteiger partial charge in [-0.3, -0.25) is 0 Å². The highest BCUT2D eigenvalue weighted by atomic mass is 32.2. The zero-order valence-corrected chi connectivity index (χ0v) is 11.4. The number of rotatable bonds is 4. The molecule has 1 aliphatic carbocycles. The summed E-state index contributed by atoms with van der Waals surface area (Å²) in [5.74, 6) is 0.372. The molecule has 0 aromatic heterocycles. The van der Waals surface area contributed by atoms with Crippen LogP contribution < -0.4 is 15.2 Å². The average Bonchev–Trinajstić information content (AvgIpc) is 2.26. The zero-order valence-electron chi connectivity index (χ0n) is 10.6.